The minimum absolute atomic E-state index is 0.300. The Morgan fingerprint density at radius 3 is 2.56 bits per heavy atom. The average Bonchev–Trinajstić information content (AvgIpc) is 3.33. The summed E-state index contributed by atoms with van der Waals surface area (Å²) in [5.74, 6) is 0.479. The van der Waals surface area contributed by atoms with Gasteiger partial charge in [-0.3, -0.25) is 0 Å². The van der Waals surface area contributed by atoms with Crippen molar-refractivity contribution in [3.05, 3.63) is 83.3 Å². The van der Waals surface area contributed by atoms with Gasteiger partial charge in [-0.05, 0) is 42.5 Å². The number of nitrogens with zero attached hydrogens (tertiary/aromatic N) is 4. The second-order valence-electron chi connectivity index (χ2n) is 8.56. The number of carbonyl (C=O) groups is 1. The van der Waals surface area contributed by atoms with Gasteiger partial charge in [-0.25, -0.2) is 9.18 Å². The number of piperidine rings is 1. The number of hydrogen-bond donors (Lipinski definition) is 2. The van der Waals surface area contributed by atoms with Crippen molar-refractivity contribution in [1.82, 2.24) is 20.4 Å². The van der Waals surface area contributed by atoms with E-state index in [0.29, 0.717) is 57.0 Å². The molecule has 3 aromatic rings. The summed E-state index contributed by atoms with van der Waals surface area (Å²) in [5.41, 5.74) is 0.938. The zero-order valence-corrected chi connectivity index (χ0v) is 18.7. The summed E-state index contributed by atoms with van der Waals surface area (Å²) in [6.45, 7) is 2.02. The Bertz CT molecular complexity index is 1140. The predicted octanol–water partition coefficient (Wildman–Crippen LogP) is 4.06. The lowest BCUT2D eigenvalue weighted by molar-refractivity contribution is 0.154. The third-order valence-corrected chi connectivity index (χ3v) is 6.31. The van der Waals surface area contributed by atoms with Crippen LogP contribution in [0.3, 0.4) is 0 Å². The minimum Gasteiger partial charge on any atom is -0.465 e. The van der Waals surface area contributed by atoms with Crippen LogP contribution in [0.2, 0.25) is 0 Å². The van der Waals surface area contributed by atoms with Crippen LogP contribution < -0.4 is 5.32 Å². The fourth-order valence-corrected chi connectivity index (χ4v) is 4.31. The van der Waals surface area contributed by atoms with E-state index in [4.69, 9.17) is 4.52 Å². The molecule has 1 saturated heterocycles. The van der Waals surface area contributed by atoms with Gasteiger partial charge < -0.3 is 19.8 Å². The summed E-state index contributed by atoms with van der Waals surface area (Å²) in [6, 6.07) is 17.7. The maximum atomic E-state index is 13.1. The molecular formula is C25H26FN5O3. The zero-order chi connectivity index (χ0) is 24.0. The summed E-state index contributed by atoms with van der Waals surface area (Å²) in [7, 11) is 0. The maximum absolute atomic E-state index is 13.1. The average molecular weight is 464 g/mol. The van der Waals surface area contributed by atoms with Gasteiger partial charge in [0.1, 0.15) is 11.2 Å². The first-order valence-corrected chi connectivity index (χ1v) is 11.2. The molecule has 1 fully saturated rings. The van der Waals surface area contributed by atoms with E-state index in [-0.39, 0.29) is 11.9 Å². The van der Waals surface area contributed by atoms with Gasteiger partial charge in [0, 0.05) is 26.1 Å². The van der Waals surface area contributed by atoms with Crippen molar-refractivity contribution in [2.45, 2.75) is 37.1 Å². The Morgan fingerprint density at radius 1 is 1.21 bits per heavy atom. The summed E-state index contributed by atoms with van der Waals surface area (Å²) in [4.78, 5) is 18.0. The third-order valence-electron chi connectivity index (χ3n) is 6.31. The summed E-state index contributed by atoms with van der Waals surface area (Å²) < 4.78 is 18.6. The van der Waals surface area contributed by atoms with Crippen molar-refractivity contribution in [1.29, 1.82) is 5.26 Å². The topological polar surface area (TPSA) is 115 Å². The highest BCUT2D eigenvalue weighted by molar-refractivity contribution is 5.65. The highest BCUT2D eigenvalue weighted by Crippen LogP contribution is 2.34. The second-order valence-corrected chi connectivity index (χ2v) is 8.56. The van der Waals surface area contributed by atoms with Crippen LogP contribution in [0, 0.1) is 17.1 Å². The second kappa shape index (κ2) is 10.4. The Hall–Kier alpha value is -3.77. The molecule has 0 bridgehead atoms. The number of halogens is 1. The first-order valence-electron chi connectivity index (χ1n) is 11.2. The van der Waals surface area contributed by atoms with Crippen LogP contribution >= 0.6 is 0 Å². The van der Waals surface area contributed by atoms with Gasteiger partial charge in [-0.2, -0.15) is 10.2 Å². The highest BCUT2D eigenvalue weighted by atomic mass is 19.1. The van der Waals surface area contributed by atoms with Crippen LogP contribution in [0.5, 0.6) is 0 Å². The van der Waals surface area contributed by atoms with E-state index in [1.54, 1.807) is 12.1 Å². The van der Waals surface area contributed by atoms with E-state index in [2.05, 4.69) is 26.4 Å². The largest absolute Gasteiger partial charge is 0.465 e. The van der Waals surface area contributed by atoms with Crippen molar-refractivity contribution < 1.29 is 18.8 Å². The lowest BCUT2D eigenvalue weighted by Gasteiger charge is -2.35. The summed E-state index contributed by atoms with van der Waals surface area (Å²) in [6.07, 6.45) is 1.06. The van der Waals surface area contributed by atoms with Crippen molar-refractivity contribution in [3.8, 4) is 6.07 Å². The molecule has 1 unspecified atom stereocenters. The summed E-state index contributed by atoms with van der Waals surface area (Å²) >= 11 is 0. The number of benzene rings is 2. The smallest absolute Gasteiger partial charge is 0.405 e. The van der Waals surface area contributed by atoms with Gasteiger partial charge in [-0.15, -0.1) is 0 Å². The first kappa shape index (κ1) is 23.4. The van der Waals surface area contributed by atoms with Crippen LogP contribution in [0.4, 0.5) is 9.18 Å². The van der Waals surface area contributed by atoms with Crippen molar-refractivity contribution in [2.75, 3.05) is 19.6 Å². The Kier molecular flexibility index (Phi) is 7.18. The van der Waals surface area contributed by atoms with Crippen LogP contribution in [0.1, 0.15) is 48.1 Å². The molecular weight excluding hydrogens is 437 g/mol. The SMILES string of the molecule is N#CC1(c2nc(Cc3ccc(F)cc3)no2)CCN(CCC(NC(=O)O)c2ccccc2)CC1. The molecule has 2 heterocycles. The Balaban J connectivity index is 1.35. The molecule has 4 rings (SSSR count). The lowest BCUT2D eigenvalue weighted by Crippen LogP contribution is -2.43. The van der Waals surface area contributed by atoms with Crippen molar-refractivity contribution in [2.24, 2.45) is 0 Å². The van der Waals surface area contributed by atoms with Gasteiger partial charge >= 0.3 is 6.09 Å². The third kappa shape index (κ3) is 5.58. The number of carboxylic acid groups (broad SMARTS) is 1. The number of nitrogens with one attached hydrogen (secondary N) is 1. The molecule has 1 aliphatic rings. The Labute approximate surface area is 197 Å². The van der Waals surface area contributed by atoms with Gasteiger partial charge in [0.05, 0.1) is 12.1 Å². The molecule has 1 aromatic heterocycles. The first-order chi connectivity index (χ1) is 16.5. The van der Waals surface area contributed by atoms with Crippen LogP contribution in [-0.4, -0.2) is 45.9 Å². The van der Waals surface area contributed by atoms with E-state index in [0.717, 1.165) is 11.1 Å². The number of amides is 1. The molecule has 1 aliphatic heterocycles. The molecule has 2 N–H and O–H groups in total. The lowest BCUT2D eigenvalue weighted by atomic mass is 9.79. The van der Waals surface area contributed by atoms with Crippen LogP contribution in [0.15, 0.2) is 59.1 Å². The van der Waals surface area contributed by atoms with Gasteiger partial charge in [0.25, 0.3) is 0 Å². The predicted molar refractivity (Wildman–Crippen MR) is 121 cm³/mol. The molecule has 0 saturated carbocycles. The molecule has 1 amide bonds. The molecule has 34 heavy (non-hydrogen) atoms. The number of rotatable bonds is 8. The van der Waals surface area contributed by atoms with E-state index in [1.807, 2.05) is 30.3 Å². The zero-order valence-electron chi connectivity index (χ0n) is 18.7. The fourth-order valence-electron chi connectivity index (χ4n) is 4.31. The molecule has 1 atom stereocenters. The van der Waals surface area contributed by atoms with Crippen LogP contribution in [-0.2, 0) is 11.8 Å². The molecule has 0 radical (unpaired) electrons. The van der Waals surface area contributed by atoms with E-state index in [1.165, 1.54) is 12.1 Å². The quantitative estimate of drug-likeness (QED) is 0.518. The number of nitriles is 1. The van der Waals surface area contributed by atoms with Crippen molar-refractivity contribution >= 4 is 6.09 Å². The Morgan fingerprint density at radius 2 is 1.91 bits per heavy atom. The highest BCUT2D eigenvalue weighted by Gasteiger charge is 2.41. The molecule has 0 aliphatic carbocycles. The molecule has 176 valence electrons. The molecule has 0 spiro atoms. The number of hydrogen-bond acceptors (Lipinski definition) is 6. The van der Waals surface area contributed by atoms with Crippen LogP contribution in [0.25, 0.3) is 0 Å². The molecule has 8 nitrogen and oxygen atoms in total. The standard InChI is InChI=1S/C25H26FN5O3/c26-20-8-6-18(7-9-20)16-22-29-23(34-30-22)25(17-27)11-14-31(15-12-25)13-10-21(28-24(32)33)19-4-2-1-3-5-19/h1-9,21,28H,10-16H2,(H,32,33). The van der Waals surface area contributed by atoms with E-state index < -0.39 is 11.5 Å². The number of likely N-dealkylation sites (tertiary alicyclic amines) is 1. The van der Waals surface area contributed by atoms with Gasteiger partial charge in [0.15, 0.2) is 5.82 Å². The fraction of sp³-hybridized carbons (Fsp3) is 0.360. The maximum Gasteiger partial charge on any atom is 0.405 e. The monoisotopic (exact) mass is 463 g/mol. The summed E-state index contributed by atoms with van der Waals surface area (Å²) in [5, 5.41) is 25.8. The van der Waals surface area contributed by atoms with E-state index >= 15 is 0 Å². The molecule has 9 heteroatoms. The minimum atomic E-state index is -1.05. The number of aromatic nitrogens is 2. The van der Waals surface area contributed by atoms with E-state index in [9.17, 15) is 19.6 Å². The molecule has 2 aromatic carbocycles. The van der Waals surface area contributed by atoms with Gasteiger partial charge in [-0.1, -0.05) is 47.6 Å². The normalized spacial score (nSPS) is 16.5. The van der Waals surface area contributed by atoms with Crippen molar-refractivity contribution in [3.63, 3.8) is 0 Å². The van der Waals surface area contributed by atoms with Gasteiger partial charge in [0.2, 0.25) is 5.89 Å².